The Morgan fingerprint density at radius 2 is 2.05 bits per heavy atom. The quantitative estimate of drug-likeness (QED) is 0.645. The van der Waals surface area contributed by atoms with Gasteiger partial charge in [0.05, 0.1) is 6.54 Å². The van der Waals surface area contributed by atoms with E-state index in [1.54, 1.807) is 0 Å². The van der Waals surface area contributed by atoms with Crippen LogP contribution in [0.4, 0.5) is 0 Å². The van der Waals surface area contributed by atoms with Gasteiger partial charge in [-0.25, -0.2) is 0 Å². The highest BCUT2D eigenvalue weighted by Crippen LogP contribution is 2.26. The molecule has 1 aromatic carbocycles. The molecule has 0 fully saturated rings. The average molecular weight is 268 g/mol. The Hall–Kier alpha value is -1.72. The van der Waals surface area contributed by atoms with E-state index in [9.17, 15) is 0 Å². The third-order valence-electron chi connectivity index (χ3n) is 3.87. The van der Waals surface area contributed by atoms with Crippen LogP contribution < -0.4 is 5.32 Å². The third-order valence-corrected chi connectivity index (χ3v) is 3.87. The number of aryl methyl sites for hydroxylation is 1. The van der Waals surface area contributed by atoms with Crippen LogP contribution >= 0.6 is 0 Å². The van der Waals surface area contributed by atoms with Gasteiger partial charge in [0, 0.05) is 23.1 Å². The predicted molar refractivity (Wildman–Crippen MR) is 86.9 cm³/mol. The molecule has 0 spiro atoms. The zero-order valence-corrected chi connectivity index (χ0v) is 13.0. The molecule has 1 aromatic heterocycles. The molecule has 2 heteroatoms. The van der Waals surface area contributed by atoms with E-state index in [2.05, 4.69) is 60.7 Å². The summed E-state index contributed by atoms with van der Waals surface area (Å²) in [4.78, 5) is 0. The molecule has 0 aliphatic carbocycles. The van der Waals surface area contributed by atoms with Crippen LogP contribution in [-0.2, 0) is 13.1 Å². The van der Waals surface area contributed by atoms with Crippen LogP contribution in [-0.4, -0.2) is 11.1 Å². The molecule has 20 heavy (non-hydrogen) atoms. The van der Waals surface area contributed by atoms with Gasteiger partial charge in [-0.3, -0.25) is 0 Å². The largest absolute Gasteiger partial charge is 0.333 e. The highest BCUT2D eigenvalue weighted by atomic mass is 15.0. The van der Waals surface area contributed by atoms with E-state index in [0.717, 1.165) is 19.6 Å². The Kier molecular flexibility index (Phi) is 4.87. The Bertz CT molecular complexity index is 653. The molecule has 0 saturated heterocycles. The van der Waals surface area contributed by atoms with Gasteiger partial charge in [-0.1, -0.05) is 18.9 Å². The topological polar surface area (TPSA) is 17.0 Å². The molecule has 0 amide bonds. The van der Waals surface area contributed by atoms with Crippen LogP contribution in [0.3, 0.4) is 0 Å². The number of nitrogens with zero attached hydrogens (tertiary/aromatic N) is 1. The second-order valence-electron chi connectivity index (χ2n) is 5.25. The minimum atomic E-state index is 0.778. The lowest BCUT2D eigenvalue weighted by Gasteiger charge is -2.05. The maximum absolute atomic E-state index is 3.46. The molecule has 0 unspecified atom stereocenters. The first-order valence-corrected chi connectivity index (χ1v) is 7.37. The first-order valence-electron chi connectivity index (χ1n) is 7.37. The maximum Gasteiger partial charge on any atom is 0.0840 e. The van der Waals surface area contributed by atoms with Gasteiger partial charge in [0.2, 0.25) is 0 Å². The summed E-state index contributed by atoms with van der Waals surface area (Å²) in [5, 5.41) is 4.82. The molecule has 1 heterocycles. The van der Waals surface area contributed by atoms with Gasteiger partial charge in [0.25, 0.3) is 0 Å². The molecular formula is C18H24N2. The Morgan fingerprint density at radius 1 is 1.25 bits per heavy atom. The molecule has 2 aromatic rings. The van der Waals surface area contributed by atoms with Crippen molar-refractivity contribution in [3.63, 3.8) is 0 Å². The zero-order chi connectivity index (χ0) is 14.5. The standard InChI is InChI=1S/C18H24N2/c1-5-7-11-20-15(4)14(3)17-12-16(8-9-18(17)20)13-19-10-6-2/h8-9,12,19H,6,10-11,13H2,1-4H3. The first kappa shape index (κ1) is 14.7. The number of rotatable bonds is 5. The Labute approximate surface area is 122 Å². The summed E-state index contributed by atoms with van der Waals surface area (Å²) in [7, 11) is 0. The number of fused-ring (bicyclic) bond motifs is 1. The van der Waals surface area contributed by atoms with E-state index in [0.29, 0.717) is 0 Å². The lowest BCUT2D eigenvalue weighted by Crippen LogP contribution is -2.13. The second kappa shape index (κ2) is 6.63. The highest BCUT2D eigenvalue weighted by molar-refractivity contribution is 5.86. The van der Waals surface area contributed by atoms with Crippen molar-refractivity contribution in [2.75, 3.05) is 6.54 Å². The number of hydrogen-bond acceptors (Lipinski definition) is 1. The summed E-state index contributed by atoms with van der Waals surface area (Å²) in [6, 6.07) is 6.77. The molecular weight excluding hydrogens is 244 g/mol. The van der Waals surface area contributed by atoms with Crippen LogP contribution in [0.2, 0.25) is 0 Å². The van der Waals surface area contributed by atoms with Crippen molar-refractivity contribution >= 4 is 10.9 Å². The minimum absolute atomic E-state index is 0.778. The van der Waals surface area contributed by atoms with Crippen molar-refractivity contribution in [2.24, 2.45) is 0 Å². The fraction of sp³-hybridized carbons (Fsp3) is 0.444. The van der Waals surface area contributed by atoms with E-state index < -0.39 is 0 Å². The monoisotopic (exact) mass is 268 g/mol. The normalized spacial score (nSPS) is 10.6. The molecule has 0 atom stereocenters. The number of benzene rings is 1. The van der Waals surface area contributed by atoms with E-state index >= 15 is 0 Å². The second-order valence-corrected chi connectivity index (χ2v) is 5.25. The van der Waals surface area contributed by atoms with Crippen LogP contribution in [0.5, 0.6) is 0 Å². The molecule has 2 rings (SSSR count). The fourth-order valence-corrected chi connectivity index (χ4v) is 2.58. The lowest BCUT2D eigenvalue weighted by molar-refractivity contribution is 0.676. The molecule has 1 N–H and O–H groups in total. The molecule has 106 valence electrons. The minimum Gasteiger partial charge on any atom is -0.333 e. The van der Waals surface area contributed by atoms with Gasteiger partial charge in [-0.15, -0.1) is 5.92 Å². The van der Waals surface area contributed by atoms with Crippen molar-refractivity contribution in [2.45, 2.75) is 47.2 Å². The molecule has 0 aliphatic heterocycles. The van der Waals surface area contributed by atoms with Crippen molar-refractivity contribution < 1.29 is 0 Å². The van der Waals surface area contributed by atoms with Crippen LogP contribution in [0, 0.1) is 25.7 Å². The van der Waals surface area contributed by atoms with Crippen molar-refractivity contribution in [1.82, 2.24) is 9.88 Å². The van der Waals surface area contributed by atoms with Crippen LogP contribution in [0.25, 0.3) is 10.9 Å². The summed E-state index contributed by atoms with van der Waals surface area (Å²) >= 11 is 0. The lowest BCUT2D eigenvalue weighted by atomic mass is 10.1. The zero-order valence-electron chi connectivity index (χ0n) is 13.0. The summed E-state index contributed by atoms with van der Waals surface area (Å²) in [5.74, 6) is 6.15. The van der Waals surface area contributed by atoms with Crippen LogP contribution in [0.15, 0.2) is 18.2 Å². The smallest absolute Gasteiger partial charge is 0.0840 e. The molecule has 2 nitrogen and oxygen atoms in total. The van der Waals surface area contributed by atoms with Crippen molar-refractivity contribution in [3.05, 3.63) is 35.0 Å². The summed E-state index contributed by atoms with van der Waals surface area (Å²) in [5.41, 5.74) is 5.34. The van der Waals surface area contributed by atoms with Crippen molar-refractivity contribution in [3.8, 4) is 11.8 Å². The summed E-state index contributed by atoms with van der Waals surface area (Å²) in [6.07, 6.45) is 1.17. The number of hydrogen-bond donors (Lipinski definition) is 1. The molecule has 0 saturated carbocycles. The molecule has 0 bridgehead atoms. The highest BCUT2D eigenvalue weighted by Gasteiger charge is 2.10. The van der Waals surface area contributed by atoms with Gasteiger partial charge in [0.15, 0.2) is 0 Å². The summed E-state index contributed by atoms with van der Waals surface area (Å²) < 4.78 is 2.31. The van der Waals surface area contributed by atoms with E-state index in [-0.39, 0.29) is 0 Å². The predicted octanol–water partition coefficient (Wildman–Crippen LogP) is 3.78. The maximum atomic E-state index is 3.46. The van der Waals surface area contributed by atoms with Gasteiger partial charge >= 0.3 is 0 Å². The van der Waals surface area contributed by atoms with Crippen molar-refractivity contribution in [1.29, 1.82) is 0 Å². The van der Waals surface area contributed by atoms with Gasteiger partial charge in [-0.05, 0) is 57.0 Å². The molecule has 0 radical (unpaired) electrons. The van der Waals surface area contributed by atoms with E-state index in [1.165, 1.54) is 34.1 Å². The Morgan fingerprint density at radius 3 is 2.75 bits per heavy atom. The fourth-order valence-electron chi connectivity index (χ4n) is 2.58. The first-order chi connectivity index (χ1) is 9.69. The third kappa shape index (κ3) is 2.89. The number of aromatic nitrogens is 1. The Balaban J connectivity index is 2.37. The molecule has 0 aliphatic rings. The average Bonchev–Trinajstić information content (AvgIpc) is 2.69. The van der Waals surface area contributed by atoms with E-state index in [1.807, 2.05) is 6.92 Å². The summed E-state index contributed by atoms with van der Waals surface area (Å²) in [6.45, 7) is 11.3. The van der Waals surface area contributed by atoms with Gasteiger partial charge < -0.3 is 9.88 Å². The van der Waals surface area contributed by atoms with Crippen LogP contribution in [0.1, 0.15) is 37.1 Å². The van der Waals surface area contributed by atoms with Gasteiger partial charge in [0.1, 0.15) is 0 Å². The number of nitrogens with one attached hydrogen (secondary N) is 1. The van der Waals surface area contributed by atoms with Gasteiger partial charge in [-0.2, -0.15) is 0 Å². The SMILES string of the molecule is CC#CCn1c(C)c(C)c2cc(CNCCC)ccc21. The van der Waals surface area contributed by atoms with E-state index in [4.69, 9.17) is 0 Å².